The summed E-state index contributed by atoms with van der Waals surface area (Å²) in [6.45, 7) is -1.37. The number of aromatic nitrogens is 2. The van der Waals surface area contributed by atoms with Crippen LogP contribution in [-0.2, 0) is 6.42 Å². The molecule has 0 fully saturated rings. The number of alkyl halides is 3. The van der Waals surface area contributed by atoms with Gasteiger partial charge >= 0.3 is 6.18 Å². The first-order valence-electron chi connectivity index (χ1n) is 8.93. The zero-order valence-corrected chi connectivity index (χ0v) is 15.5. The number of para-hydroxylation sites is 2. The van der Waals surface area contributed by atoms with E-state index in [1.165, 1.54) is 0 Å². The van der Waals surface area contributed by atoms with Crippen LogP contribution in [0.5, 0.6) is 5.75 Å². The fourth-order valence-electron chi connectivity index (χ4n) is 2.79. The van der Waals surface area contributed by atoms with Gasteiger partial charge in [-0.05, 0) is 30.7 Å². The van der Waals surface area contributed by atoms with Crippen LogP contribution >= 0.6 is 0 Å². The van der Waals surface area contributed by atoms with E-state index in [1.54, 1.807) is 0 Å². The van der Waals surface area contributed by atoms with Gasteiger partial charge in [0.15, 0.2) is 6.61 Å². The zero-order chi connectivity index (χ0) is 21.7. The van der Waals surface area contributed by atoms with E-state index >= 15 is 0 Å². The molecule has 1 amide bonds. The number of H-pyrrole nitrogens is 1. The Morgan fingerprint density at radius 1 is 1.23 bits per heavy atom. The first kappa shape index (κ1) is 21.1. The number of ether oxygens (including phenoxy) is 1. The average molecular weight is 422 g/mol. The number of imidazole rings is 1. The summed E-state index contributed by atoms with van der Waals surface area (Å²) in [6.07, 6.45) is -3.53. The van der Waals surface area contributed by atoms with Crippen LogP contribution in [0.4, 0.5) is 18.9 Å². The Morgan fingerprint density at radius 2 is 2.00 bits per heavy atom. The molecule has 0 saturated carbocycles. The minimum Gasteiger partial charge on any atom is -0.484 e. The van der Waals surface area contributed by atoms with Crippen molar-refractivity contribution in [3.05, 3.63) is 64.0 Å². The second-order valence-corrected chi connectivity index (χ2v) is 6.40. The highest BCUT2D eigenvalue weighted by molar-refractivity contribution is 5.98. The monoisotopic (exact) mass is 422 g/mol. The molecule has 0 bridgehead atoms. The molecular formula is C19H17F3N4O4. The van der Waals surface area contributed by atoms with Gasteiger partial charge in [-0.3, -0.25) is 14.9 Å². The van der Waals surface area contributed by atoms with Crippen molar-refractivity contribution in [2.24, 2.45) is 0 Å². The topological polar surface area (TPSA) is 110 Å². The van der Waals surface area contributed by atoms with Gasteiger partial charge in [0.2, 0.25) is 0 Å². The van der Waals surface area contributed by atoms with E-state index < -0.39 is 29.3 Å². The number of nitrogens with zero attached hydrogens (tertiary/aromatic N) is 2. The summed E-state index contributed by atoms with van der Waals surface area (Å²) in [4.78, 5) is 30.3. The molecule has 0 aliphatic rings. The molecule has 8 nitrogen and oxygen atoms in total. The Hall–Kier alpha value is -3.63. The Labute approximate surface area is 168 Å². The lowest BCUT2D eigenvalue weighted by molar-refractivity contribution is -0.385. The van der Waals surface area contributed by atoms with Crippen LogP contribution in [0.3, 0.4) is 0 Å². The number of aromatic amines is 1. The second kappa shape index (κ2) is 8.80. The number of aryl methyl sites for hydroxylation is 1. The first-order chi connectivity index (χ1) is 14.2. The van der Waals surface area contributed by atoms with Crippen molar-refractivity contribution in [1.82, 2.24) is 15.3 Å². The number of amides is 1. The Bertz CT molecular complexity index is 1030. The highest BCUT2D eigenvalue weighted by Crippen LogP contribution is 2.26. The smallest absolute Gasteiger partial charge is 0.422 e. The number of carbonyl (C=O) groups excluding carboxylic acids is 1. The molecule has 2 N–H and O–H groups in total. The SMILES string of the molecule is O=C(NCCCc1nc2ccccc2[nH]1)c1cc(OCC(F)(F)F)ccc1[N+](=O)[O-]. The lowest BCUT2D eigenvalue weighted by Crippen LogP contribution is -2.26. The molecule has 0 atom stereocenters. The van der Waals surface area contributed by atoms with Crippen molar-refractivity contribution in [1.29, 1.82) is 0 Å². The number of fused-ring (bicyclic) bond motifs is 1. The normalized spacial score (nSPS) is 11.4. The summed E-state index contributed by atoms with van der Waals surface area (Å²) in [5, 5.41) is 13.7. The summed E-state index contributed by atoms with van der Waals surface area (Å²) < 4.78 is 41.5. The van der Waals surface area contributed by atoms with E-state index in [2.05, 4.69) is 20.0 Å². The minimum atomic E-state index is -4.57. The quantitative estimate of drug-likeness (QED) is 0.326. The van der Waals surface area contributed by atoms with Crippen LogP contribution in [0.15, 0.2) is 42.5 Å². The summed E-state index contributed by atoms with van der Waals surface area (Å²) in [5.41, 5.74) is 0.818. The second-order valence-electron chi connectivity index (χ2n) is 6.40. The van der Waals surface area contributed by atoms with Crippen molar-refractivity contribution in [2.45, 2.75) is 19.0 Å². The van der Waals surface area contributed by atoms with Crippen molar-refractivity contribution in [2.75, 3.05) is 13.2 Å². The number of halogens is 3. The Balaban J connectivity index is 1.60. The summed E-state index contributed by atoms with van der Waals surface area (Å²) in [6, 6.07) is 10.4. The van der Waals surface area contributed by atoms with Crippen molar-refractivity contribution in [3.8, 4) is 5.75 Å². The van der Waals surface area contributed by atoms with E-state index in [9.17, 15) is 28.1 Å². The van der Waals surface area contributed by atoms with Gasteiger partial charge in [0, 0.05) is 19.0 Å². The molecule has 0 spiro atoms. The summed E-state index contributed by atoms with van der Waals surface area (Å²) in [5.74, 6) is -0.326. The lowest BCUT2D eigenvalue weighted by atomic mass is 10.1. The number of benzene rings is 2. The molecule has 11 heteroatoms. The van der Waals surface area contributed by atoms with Gasteiger partial charge in [-0.2, -0.15) is 13.2 Å². The standard InChI is InChI=1S/C19H17F3N4O4/c20-19(21,22)11-30-12-7-8-16(26(28)29)13(10-12)18(27)23-9-3-6-17-24-14-4-1-2-5-15(14)25-17/h1-2,4-5,7-8,10H,3,6,9,11H2,(H,23,27)(H,24,25). The molecule has 1 heterocycles. The van der Waals surface area contributed by atoms with Gasteiger partial charge in [0.1, 0.15) is 17.1 Å². The molecule has 3 rings (SSSR count). The third-order valence-electron chi connectivity index (χ3n) is 4.13. The maximum absolute atomic E-state index is 12.4. The molecule has 0 aliphatic heterocycles. The highest BCUT2D eigenvalue weighted by atomic mass is 19.4. The molecule has 0 saturated heterocycles. The van der Waals surface area contributed by atoms with Crippen molar-refractivity contribution < 1.29 is 27.6 Å². The largest absolute Gasteiger partial charge is 0.484 e. The molecule has 158 valence electrons. The van der Waals surface area contributed by atoms with Crippen LogP contribution < -0.4 is 10.1 Å². The third kappa shape index (κ3) is 5.46. The van der Waals surface area contributed by atoms with Crippen LogP contribution in [0.25, 0.3) is 11.0 Å². The van der Waals surface area contributed by atoms with Gasteiger partial charge in [0.05, 0.1) is 16.0 Å². The molecule has 3 aromatic rings. The fourth-order valence-corrected chi connectivity index (χ4v) is 2.79. The van der Waals surface area contributed by atoms with Gasteiger partial charge in [-0.15, -0.1) is 0 Å². The first-order valence-corrected chi connectivity index (χ1v) is 8.93. The number of hydrogen-bond acceptors (Lipinski definition) is 5. The maximum atomic E-state index is 12.4. The van der Waals surface area contributed by atoms with E-state index in [1.807, 2.05) is 24.3 Å². The summed E-state index contributed by atoms with van der Waals surface area (Å²) >= 11 is 0. The molecule has 1 aromatic heterocycles. The summed E-state index contributed by atoms with van der Waals surface area (Å²) in [7, 11) is 0. The Morgan fingerprint density at radius 3 is 2.70 bits per heavy atom. The Kier molecular flexibility index (Phi) is 6.19. The van der Waals surface area contributed by atoms with Crippen LogP contribution in [-0.4, -0.2) is 40.1 Å². The fraction of sp³-hybridized carbons (Fsp3) is 0.263. The predicted molar refractivity (Wildman–Crippen MR) is 101 cm³/mol. The molecule has 0 unspecified atom stereocenters. The maximum Gasteiger partial charge on any atom is 0.422 e. The van der Waals surface area contributed by atoms with Crippen LogP contribution in [0, 0.1) is 10.1 Å². The van der Waals surface area contributed by atoms with Crippen molar-refractivity contribution >= 4 is 22.6 Å². The van der Waals surface area contributed by atoms with Gasteiger partial charge in [-0.1, -0.05) is 12.1 Å². The molecule has 2 aromatic carbocycles. The van der Waals surface area contributed by atoms with Gasteiger partial charge in [-0.25, -0.2) is 4.98 Å². The van der Waals surface area contributed by atoms with Crippen molar-refractivity contribution in [3.63, 3.8) is 0 Å². The molecular weight excluding hydrogens is 405 g/mol. The van der Waals surface area contributed by atoms with Crippen LogP contribution in [0.1, 0.15) is 22.6 Å². The van der Waals surface area contributed by atoms with E-state index in [0.717, 1.165) is 35.1 Å². The number of nitro benzene ring substituents is 1. The number of nitro groups is 1. The number of carbonyl (C=O) groups is 1. The zero-order valence-electron chi connectivity index (χ0n) is 15.5. The molecule has 0 aliphatic carbocycles. The van der Waals surface area contributed by atoms with Crippen LogP contribution in [0.2, 0.25) is 0 Å². The molecule has 30 heavy (non-hydrogen) atoms. The third-order valence-corrected chi connectivity index (χ3v) is 4.13. The number of rotatable bonds is 8. The minimum absolute atomic E-state index is 0.195. The average Bonchev–Trinajstić information content (AvgIpc) is 3.11. The number of nitrogens with one attached hydrogen (secondary N) is 2. The molecule has 0 radical (unpaired) electrons. The highest BCUT2D eigenvalue weighted by Gasteiger charge is 2.29. The van der Waals surface area contributed by atoms with E-state index in [-0.39, 0.29) is 17.9 Å². The predicted octanol–water partition coefficient (Wildman–Crippen LogP) is 3.77. The lowest BCUT2D eigenvalue weighted by Gasteiger charge is -2.11. The van der Waals surface area contributed by atoms with E-state index in [4.69, 9.17) is 0 Å². The number of hydrogen-bond donors (Lipinski definition) is 2. The van der Waals surface area contributed by atoms with Gasteiger partial charge in [0.25, 0.3) is 11.6 Å². The van der Waals surface area contributed by atoms with E-state index in [0.29, 0.717) is 12.8 Å². The van der Waals surface area contributed by atoms with Gasteiger partial charge < -0.3 is 15.0 Å².